The van der Waals surface area contributed by atoms with Crippen molar-refractivity contribution < 1.29 is 5.11 Å². The summed E-state index contributed by atoms with van der Waals surface area (Å²) in [5.41, 5.74) is 2.96. The number of halogens is 1. The predicted octanol–water partition coefficient (Wildman–Crippen LogP) is 4.99. The Bertz CT molecular complexity index is 764. The summed E-state index contributed by atoms with van der Waals surface area (Å²) in [6, 6.07) is 20.3. The maximum atomic E-state index is 10.6. The molecule has 0 heterocycles. The zero-order chi connectivity index (χ0) is 14.1. The van der Waals surface area contributed by atoms with Crippen LogP contribution in [0.4, 0.5) is 0 Å². The second-order valence-corrected chi connectivity index (χ2v) is 5.93. The van der Waals surface area contributed by atoms with E-state index in [2.05, 4.69) is 40.2 Å². The monoisotopic (exact) mass is 326 g/mol. The predicted molar refractivity (Wildman–Crippen MR) is 86.9 cm³/mol. The van der Waals surface area contributed by atoms with E-state index in [1.54, 1.807) is 0 Å². The highest BCUT2D eigenvalue weighted by atomic mass is 79.9. The van der Waals surface area contributed by atoms with Crippen molar-refractivity contribution >= 4 is 26.7 Å². The summed E-state index contributed by atoms with van der Waals surface area (Å²) in [6.45, 7) is 2.02. The van der Waals surface area contributed by atoms with E-state index in [4.69, 9.17) is 0 Å². The van der Waals surface area contributed by atoms with E-state index in [-0.39, 0.29) is 0 Å². The van der Waals surface area contributed by atoms with Crippen LogP contribution >= 0.6 is 15.9 Å². The van der Waals surface area contributed by atoms with E-state index in [0.29, 0.717) is 0 Å². The third-order valence-corrected chi connectivity index (χ3v) is 4.11. The van der Waals surface area contributed by atoms with Gasteiger partial charge in [0, 0.05) is 4.47 Å². The maximum Gasteiger partial charge on any atom is 0.104 e. The molecule has 0 aliphatic carbocycles. The van der Waals surface area contributed by atoms with Crippen LogP contribution in [0.1, 0.15) is 22.8 Å². The molecule has 0 saturated carbocycles. The minimum Gasteiger partial charge on any atom is -0.384 e. The first-order valence-electron chi connectivity index (χ1n) is 6.58. The molecule has 0 fully saturated rings. The van der Waals surface area contributed by atoms with Crippen LogP contribution in [-0.2, 0) is 0 Å². The lowest BCUT2D eigenvalue weighted by Crippen LogP contribution is -2.01. The van der Waals surface area contributed by atoms with Gasteiger partial charge in [-0.3, -0.25) is 0 Å². The van der Waals surface area contributed by atoms with Crippen LogP contribution in [0.3, 0.4) is 0 Å². The van der Waals surface area contributed by atoms with Gasteiger partial charge in [0.1, 0.15) is 6.10 Å². The zero-order valence-electron chi connectivity index (χ0n) is 11.2. The van der Waals surface area contributed by atoms with Gasteiger partial charge in [-0.1, -0.05) is 58.4 Å². The van der Waals surface area contributed by atoms with Gasteiger partial charge in [0.2, 0.25) is 0 Å². The fourth-order valence-corrected chi connectivity index (χ4v) is 2.98. The van der Waals surface area contributed by atoms with E-state index in [1.165, 1.54) is 5.39 Å². The highest BCUT2D eigenvalue weighted by molar-refractivity contribution is 9.10. The van der Waals surface area contributed by atoms with Gasteiger partial charge in [0.25, 0.3) is 0 Å². The van der Waals surface area contributed by atoms with Gasteiger partial charge in [-0.05, 0) is 52.6 Å². The molecule has 20 heavy (non-hydrogen) atoms. The van der Waals surface area contributed by atoms with Crippen LogP contribution in [0, 0.1) is 6.92 Å². The number of benzene rings is 3. The Hall–Kier alpha value is -1.64. The molecule has 2 heteroatoms. The van der Waals surface area contributed by atoms with E-state index in [0.717, 1.165) is 26.5 Å². The molecule has 1 atom stereocenters. The highest BCUT2D eigenvalue weighted by Gasteiger charge is 2.13. The number of aliphatic hydroxyl groups excluding tert-OH is 1. The number of hydrogen-bond acceptors (Lipinski definition) is 1. The minimum absolute atomic E-state index is 0.590. The molecule has 100 valence electrons. The molecule has 1 unspecified atom stereocenters. The minimum atomic E-state index is -0.590. The van der Waals surface area contributed by atoms with Crippen molar-refractivity contribution in [2.24, 2.45) is 0 Å². The highest BCUT2D eigenvalue weighted by Crippen LogP contribution is 2.28. The summed E-state index contributed by atoms with van der Waals surface area (Å²) < 4.78 is 1.03. The first-order chi connectivity index (χ1) is 9.65. The molecule has 1 N–H and O–H groups in total. The normalized spacial score (nSPS) is 12.6. The van der Waals surface area contributed by atoms with E-state index in [9.17, 15) is 5.11 Å². The van der Waals surface area contributed by atoms with Crippen LogP contribution in [0.15, 0.2) is 65.1 Å². The topological polar surface area (TPSA) is 20.2 Å². The third kappa shape index (κ3) is 2.49. The fourth-order valence-electron chi connectivity index (χ4n) is 2.50. The lowest BCUT2D eigenvalue weighted by Gasteiger charge is -2.15. The van der Waals surface area contributed by atoms with Gasteiger partial charge in [-0.15, -0.1) is 0 Å². The summed E-state index contributed by atoms with van der Waals surface area (Å²) in [6.07, 6.45) is -0.590. The molecule has 0 bridgehead atoms. The molecular formula is C18H15BrO. The van der Waals surface area contributed by atoms with Gasteiger partial charge in [0.05, 0.1) is 0 Å². The number of hydrogen-bond donors (Lipinski definition) is 1. The quantitative estimate of drug-likeness (QED) is 0.703. The molecule has 3 rings (SSSR count). The number of rotatable bonds is 2. The van der Waals surface area contributed by atoms with Crippen molar-refractivity contribution in [1.82, 2.24) is 0 Å². The maximum absolute atomic E-state index is 10.6. The van der Waals surface area contributed by atoms with E-state index >= 15 is 0 Å². The van der Waals surface area contributed by atoms with Crippen molar-refractivity contribution in [2.45, 2.75) is 13.0 Å². The first kappa shape index (κ1) is 13.3. The van der Waals surface area contributed by atoms with Gasteiger partial charge < -0.3 is 5.11 Å². The fraction of sp³-hybridized carbons (Fsp3) is 0.111. The SMILES string of the molecule is Cc1cc(Br)ccc1C(O)c1ccc2ccccc2c1. The lowest BCUT2D eigenvalue weighted by molar-refractivity contribution is 0.219. The van der Waals surface area contributed by atoms with E-state index in [1.807, 2.05) is 43.3 Å². The molecule has 0 radical (unpaired) electrons. The van der Waals surface area contributed by atoms with Crippen molar-refractivity contribution in [2.75, 3.05) is 0 Å². The van der Waals surface area contributed by atoms with Crippen LogP contribution in [0.25, 0.3) is 10.8 Å². The number of fused-ring (bicyclic) bond motifs is 1. The largest absolute Gasteiger partial charge is 0.384 e. The van der Waals surface area contributed by atoms with Crippen LogP contribution < -0.4 is 0 Å². The van der Waals surface area contributed by atoms with Gasteiger partial charge in [0.15, 0.2) is 0 Å². The smallest absolute Gasteiger partial charge is 0.104 e. The summed E-state index contributed by atoms with van der Waals surface area (Å²) in [5.74, 6) is 0. The summed E-state index contributed by atoms with van der Waals surface area (Å²) >= 11 is 3.45. The Morgan fingerprint density at radius 2 is 1.65 bits per heavy atom. The average Bonchev–Trinajstić information content (AvgIpc) is 2.46. The van der Waals surface area contributed by atoms with Crippen LogP contribution in [0.5, 0.6) is 0 Å². The van der Waals surface area contributed by atoms with Crippen molar-refractivity contribution in [1.29, 1.82) is 0 Å². The summed E-state index contributed by atoms with van der Waals surface area (Å²) in [5, 5.41) is 13.0. The molecule has 1 nitrogen and oxygen atoms in total. The lowest BCUT2D eigenvalue weighted by atomic mass is 9.96. The molecular weight excluding hydrogens is 312 g/mol. The Morgan fingerprint density at radius 1 is 0.900 bits per heavy atom. The van der Waals surface area contributed by atoms with Crippen molar-refractivity contribution in [3.63, 3.8) is 0 Å². The first-order valence-corrected chi connectivity index (χ1v) is 7.37. The molecule has 0 aliphatic rings. The molecule has 3 aromatic carbocycles. The van der Waals surface area contributed by atoms with Gasteiger partial charge in [-0.25, -0.2) is 0 Å². The second-order valence-electron chi connectivity index (χ2n) is 5.01. The van der Waals surface area contributed by atoms with Crippen molar-refractivity contribution in [3.05, 3.63) is 81.8 Å². The molecule has 0 aliphatic heterocycles. The molecule has 0 amide bonds. The van der Waals surface area contributed by atoms with Gasteiger partial charge >= 0.3 is 0 Å². The average molecular weight is 327 g/mol. The Labute approximate surface area is 127 Å². The molecule has 0 saturated heterocycles. The van der Waals surface area contributed by atoms with Gasteiger partial charge in [-0.2, -0.15) is 0 Å². The standard InChI is InChI=1S/C18H15BrO/c1-12-10-16(19)8-9-17(12)18(20)15-7-6-13-4-2-3-5-14(13)11-15/h2-11,18,20H,1H3. The molecule has 0 aromatic heterocycles. The number of aryl methyl sites for hydroxylation is 1. The molecule has 0 spiro atoms. The number of aliphatic hydroxyl groups is 1. The third-order valence-electron chi connectivity index (χ3n) is 3.62. The Kier molecular flexibility index (Phi) is 3.60. The van der Waals surface area contributed by atoms with Crippen LogP contribution in [-0.4, -0.2) is 5.11 Å². The zero-order valence-corrected chi connectivity index (χ0v) is 12.8. The second kappa shape index (κ2) is 5.39. The van der Waals surface area contributed by atoms with Crippen molar-refractivity contribution in [3.8, 4) is 0 Å². The molecule has 3 aromatic rings. The van der Waals surface area contributed by atoms with E-state index < -0.39 is 6.10 Å². The summed E-state index contributed by atoms with van der Waals surface area (Å²) in [7, 11) is 0. The Morgan fingerprint density at radius 3 is 2.40 bits per heavy atom. The summed E-state index contributed by atoms with van der Waals surface area (Å²) in [4.78, 5) is 0. The van der Waals surface area contributed by atoms with Crippen LogP contribution in [0.2, 0.25) is 0 Å². The Balaban J connectivity index is 2.05.